The van der Waals surface area contributed by atoms with Crippen LogP contribution in [-0.2, 0) is 15.4 Å². The van der Waals surface area contributed by atoms with Crippen LogP contribution in [0.25, 0.3) is 0 Å². The van der Waals surface area contributed by atoms with Gasteiger partial charge in [-0.25, -0.2) is 12.8 Å². The summed E-state index contributed by atoms with van der Waals surface area (Å²) in [6, 6.07) is 12.3. The van der Waals surface area contributed by atoms with E-state index in [4.69, 9.17) is 0 Å². The van der Waals surface area contributed by atoms with Gasteiger partial charge in [-0.05, 0) is 47.7 Å². The normalized spacial score (nSPS) is 16.6. The van der Waals surface area contributed by atoms with Crippen LogP contribution < -0.4 is 4.90 Å². The zero-order chi connectivity index (χ0) is 19.8. The number of anilines is 1. The number of rotatable bonds is 3. The average Bonchev–Trinajstić information content (AvgIpc) is 2.63. The first-order chi connectivity index (χ1) is 12.6. The van der Waals surface area contributed by atoms with E-state index in [1.807, 2.05) is 12.1 Å². The number of nitrogens with zero attached hydrogens (tertiary/aromatic N) is 2. The van der Waals surface area contributed by atoms with E-state index < -0.39 is 15.8 Å². The highest BCUT2D eigenvalue weighted by atomic mass is 32.2. The van der Waals surface area contributed by atoms with E-state index in [0.29, 0.717) is 31.7 Å². The number of piperazine rings is 1. The molecule has 0 radical (unpaired) electrons. The smallest absolute Gasteiger partial charge is 0.243 e. The minimum absolute atomic E-state index is 0.0193. The molecule has 0 N–H and O–H groups in total. The number of benzene rings is 2. The van der Waals surface area contributed by atoms with Crippen molar-refractivity contribution in [3.8, 4) is 0 Å². The largest absolute Gasteiger partial charge is 0.369 e. The molecule has 2 aromatic carbocycles. The molecule has 0 unspecified atom stereocenters. The molecule has 0 saturated carbocycles. The minimum Gasteiger partial charge on any atom is -0.369 e. The van der Waals surface area contributed by atoms with E-state index in [1.165, 1.54) is 33.8 Å². The number of para-hydroxylation sites is 1. The van der Waals surface area contributed by atoms with Gasteiger partial charge in [0, 0.05) is 31.9 Å². The molecule has 0 spiro atoms. The number of hydrogen-bond donors (Lipinski definition) is 0. The van der Waals surface area contributed by atoms with E-state index in [1.54, 1.807) is 6.92 Å². The third-order valence-corrected chi connectivity index (χ3v) is 6.95. The van der Waals surface area contributed by atoms with Gasteiger partial charge in [0.2, 0.25) is 10.0 Å². The highest BCUT2D eigenvalue weighted by Crippen LogP contribution is 2.32. The Balaban J connectivity index is 1.79. The first kappa shape index (κ1) is 19.8. The Bertz CT molecular complexity index is 927. The zero-order valence-electron chi connectivity index (χ0n) is 16.4. The maximum atomic E-state index is 13.5. The van der Waals surface area contributed by atoms with Crippen LogP contribution in [0.2, 0.25) is 0 Å². The van der Waals surface area contributed by atoms with E-state index in [-0.39, 0.29) is 10.3 Å². The summed E-state index contributed by atoms with van der Waals surface area (Å²) in [5.74, 6) is -0.391. The molecular formula is C21H27FN2O2S. The monoisotopic (exact) mass is 390 g/mol. The van der Waals surface area contributed by atoms with Crippen molar-refractivity contribution in [3.63, 3.8) is 0 Å². The van der Waals surface area contributed by atoms with Crippen LogP contribution in [0.1, 0.15) is 31.9 Å². The standard InChI is InChI=1S/C21H27FN2O2S/c1-16-15-17(9-10-19(16)22)27(25,26)24-13-11-23(12-14-24)20-8-6-5-7-18(20)21(2,3)4/h5-10,15H,11-14H2,1-4H3. The molecule has 4 nitrogen and oxygen atoms in total. The van der Waals surface area contributed by atoms with Crippen molar-refractivity contribution in [1.29, 1.82) is 0 Å². The molecule has 3 rings (SSSR count). The number of hydrogen-bond acceptors (Lipinski definition) is 3. The van der Waals surface area contributed by atoms with Crippen molar-refractivity contribution in [2.75, 3.05) is 31.1 Å². The van der Waals surface area contributed by atoms with Gasteiger partial charge in [-0.2, -0.15) is 4.31 Å². The molecule has 1 saturated heterocycles. The number of halogens is 1. The SMILES string of the molecule is Cc1cc(S(=O)(=O)N2CCN(c3ccccc3C(C)(C)C)CC2)ccc1F. The van der Waals surface area contributed by atoms with Crippen molar-refractivity contribution in [2.24, 2.45) is 0 Å². The fourth-order valence-corrected chi connectivity index (χ4v) is 4.99. The molecular weight excluding hydrogens is 363 g/mol. The van der Waals surface area contributed by atoms with Gasteiger partial charge in [-0.3, -0.25) is 0 Å². The van der Waals surface area contributed by atoms with Crippen molar-refractivity contribution < 1.29 is 12.8 Å². The van der Waals surface area contributed by atoms with E-state index in [2.05, 4.69) is 37.8 Å². The molecule has 1 aliphatic rings. The van der Waals surface area contributed by atoms with Gasteiger partial charge in [0.25, 0.3) is 0 Å². The zero-order valence-corrected chi connectivity index (χ0v) is 17.2. The second kappa shape index (κ2) is 7.24. The lowest BCUT2D eigenvalue weighted by molar-refractivity contribution is 0.383. The third kappa shape index (κ3) is 4.01. The van der Waals surface area contributed by atoms with Crippen LogP contribution in [0.5, 0.6) is 0 Å². The van der Waals surface area contributed by atoms with Gasteiger partial charge in [-0.15, -0.1) is 0 Å². The fourth-order valence-electron chi connectivity index (χ4n) is 3.48. The van der Waals surface area contributed by atoms with Crippen LogP contribution in [0.3, 0.4) is 0 Å². The van der Waals surface area contributed by atoms with Crippen LogP contribution in [0.4, 0.5) is 10.1 Å². The Morgan fingerprint density at radius 3 is 2.19 bits per heavy atom. The predicted octanol–water partition coefficient (Wildman–Crippen LogP) is 3.94. The molecule has 1 aliphatic heterocycles. The molecule has 0 bridgehead atoms. The molecule has 27 heavy (non-hydrogen) atoms. The Labute approximate surface area is 161 Å². The molecule has 2 aromatic rings. The van der Waals surface area contributed by atoms with E-state index in [0.717, 1.165) is 0 Å². The Morgan fingerprint density at radius 2 is 1.59 bits per heavy atom. The number of aryl methyl sites for hydroxylation is 1. The van der Waals surface area contributed by atoms with Crippen molar-refractivity contribution in [2.45, 2.75) is 38.0 Å². The first-order valence-electron chi connectivity index (χ1n) is 9.21. The van der Waals surface area contributed by atoms with Crippen LogP contribution in [0.15, 0.2) is 47.4 Å². The lowest BCUT2D eigenvalue weighted by atomic mass is 9.85. The lowest BCUT2D eigenvalue weighted by Crippen LogP contribution is -2.49. The van der Waals surface area contributed by atoms with Crippen molar-refractivity contribution in [1.82, 2.24) is 4.31 Å². The van der Waals surface area contributed by atoms with E-state index >= 15 is 0 Å². The summed E-state index contributed by atoms with van der Waals surface area (Å²) < 4.78 is 40.8. The van der Waals surface area contributed by atoms with Gasteiger partial charge in [-0.1, -0.05) is 39.0 Å². The molecule has 0 amide bonds. The van der Waals surface area contributed by atoms with Crippen LogP contribution in [0, 0.1) is 12.7 Å². The quantitative estimate of drug-likeness (QED) is 0.797. The Hall–Kier alpha value is -1.92. The van der Waals surface area contributed by atoms with Crippen molar-refractivity contribution in [3.05, 3.63) is 59.4 Å². The topological polar surface area (TPSA) is 40.6 Å². The highest BCUT2D eigenvalue weighted by molar-refractivity contribution is 7.89. The summed E-state index contributed by atoms with van der Waals surface area (Å²) in [5.41, 5.74) is 2.79. The molecule has 1 fully saturated rings. The van der Waals surface area contributed by atoms with Gasteiger partial charge in [0.1, 0.15) is 5.82 Å². The second-order valence-corrected chi connectivity index (χ2v) is 10.0. The molecule has 0 aromatic heterocycles. The molecule has 0 atom stereocenters. The number of sulfonamides is 1. The summed E-state index contributed by atoms with van der Waals surface area (Å²) in [5, 5.41) is 0. The maximum Gasteiger partial charge on any atom is 0.243 e. The second-order valence-electron chi connectivity index (χ2n) is 8.07. The summed E-state index contributed by atoms with van der Waals surface area (Å²) in [6.45, 7) is 10.2. The molecule has 1 heterocycles. The van der Waals surface area contributed by atoms with Crippen molar-refractivity contribution >= 4 is 15.7 Å². The van der Waals surface area contributed by atoms with Gasteiger partial charge in [0.15, 0.2) is 0 Å². The third-order valence-electron chi connectivity index (χ3n) is 5.06. The van der Waals surface area contributed by atoms with Gasteiger partial charge < -0.3 is 4.90 Å². The average molecular weight is 391 g/mol. The Morgan fingerprint density at radius 1 is 0.963 bits per heavy atom. The Kier molecular flexibility index (Phi) is 5.32. The van der Waals surface area contributed by atoms with Crippen LogP contribution in [-0.4, -0.2) is 38.9 Å². The molecule has 0 aliphatic carbocycles. The molecule has 146 valence electrons. The first-order valence-corrected chi connectivity index (χ1v) is 10.7. The van der Waals surface area contributed by atoms with Gasteiger partial charge >= 0.3 is 0 Å². The summed E-state index contributed by atoms with van der Waals surface area (Å²) >= 11 is 0. The minimum atomic E-state index is -3.61. The summed E-state index contributed by atoms with van der Waals surface area (Å²) in [7, 11) is -3.61. The molecule has 6 heteroatoms. The maximum absolute atomic E-state index is 13.5. The fraction of sp³-hybridized carbons (Fsp3) is 0.429. The summed E-state index contributed by atoms with van der Waals surface area (Å²) in [6.07, 6.45) is 0. The van der Waals surface area contributed by atoms with Gasteiger partial charge in [0.05, 0.1) is 4.90 Å². The summed E-state index contributed by atoms with van der Waals surface area (Å²) in [4.78, 5) is 2.41. The predicted molar refractivity (Wildman–Crippen MR) is 107 cm³/mol. The van der Waals surface area contributed by atoms with E-state index in [9.17, 15) is 12.8 Å². The van der Waals surface area contributed by atoms with Crippen LogP contribution >= 0.6 is 0 Å². The lowest BCUT2D eigenvalue weighted by Gasteiger charge is -2.38. The highest BCUT2D eigenvalue weighted by Gasteiger charge is 2.30.